The Kier molecular flexibility index (Phi) is 5.70. The monoisotopic (exact) mass is 131 g/mol. The van der Waals surface area contributed by atoms with Crippen LogP contribution in [0.2, 0.25) is 6.32 Å². The first-order valence-electron chi connectivity index (χ1n) is 2.82. The third-order valence-corrected chi connectivity index (χ3v) is 1.70. The van der Waals surface area contributed by atoms with E-state index in [2.05, 4.69) is 13.5 Å². The minimum absolute atomic E-state index is 0.890. The topological polar surface area (TPSA) is 29.3 Å². The van der Waals surface area contributed by atoms with Gasteiger partial charge in [-0.05, 0) is 0 Å². The van der Waals surface area contributed by atoms with Crippen LogP contribution in [0.25, 0.3) is 0 Å². The molecule has 2 N–H and O–H groups in total. The van der Waals surface area contributed by atoms with Gasteiger partial charge >= 0.3 is 0 Å². The molecule has 0 spiro atoms. The molecule has 0 aromatic carbocycles. The molecule has 0 aliphatic heterocycles. The lowest BCUT2D eigenvalue weighted by Gasteiger charge is -2.09. The molecule has 0 rings (SSSR count). The second-order valence-electron chi connectivity index (χ2n) is 1.41. The van der Waals surface area contributed by atoms with Crippen LogP contribution in [0.5, 0.6) is 0 Å². The quantitative estimate of drug-likeness (QED) is 0.266. The van der Waals surface area contributed by atoms with Crippen LogP contribution in [-0.2, 0) is 0 Å². The Morgan fingerprint density at radius 1 is 1.62 bits per heavy atom. The molecule has 0 aliphatic carbocycles. The summed E-state index contributed by atoms with van der Waals surface area (Å²) >= 11 is 1.56. The molecule has 0 heterocycles. The molecule has 0 unspecified atom stereocenters. The van der Waals surface area contributed by atoms with Crippen LogP contribution in [0.15, 0.2) is 0 Å². The van der Waals surface area contributed by atoms with Crippen LogP contribution in [0, 0.1) is 0 Å². The van der Waals surface area contributed by atoms with E-state index in [-0.39, 0.29) is 0 Å². The van der Waals surface area contributed by atoms with Crippen molar-refractivity contribution in [2.45, 2.75) is 20.2 Å². The van der Waals surface area contributed by atoms with E-state index in [1.165, 1.54) is 0 Å². The summed E-state index contributed by atoms with van der Waals surface area (Å²) in [4.78, 5) is 0. The summed E-state index contributed by atoms with van der Waals surface area (Å²) < 4.78 is 1.70. The molecule has 0 saturated heterocycles. The Hall–Kier alpha value is 0.335. The minimum Gasteiger partial charge on any atom is -0.260 e. The molecule has 0 atom stereocenters. The van der Waals surface area contributed by atoms with Crippen LogP contribution >= 0.6 is 11.8 Å². The molecule has 0 aromatic heterocycles. The summed E-state index contributed by atoms with van der Waals surface area (Å²) in [6, 6.07) is 0. The first kappa shape index (κ1) is 8.33. The van der Waals surface area contributed by atoms with Crippen molar-refractivity contribution in [3.63, 3.8) is 0 Å². The first-order chi connectivity index (χ1) is 3.81. The van der Waals surface area contributed by atoms with Gasteiger partial charge in [0.1, 0.15) is 0 Å². The fraction of sp³-hybridized carbons (Fsp3) is 1.00. The van der Waals surface area contributed by atoms with Crippen LogP contribution in [-0.4, -0.2) is 17.5 Å². The number of hydrogen-bond donors (Lipinski definition) is 1. The zero-order valence-corrected chi connectivity index (χ0v) is 6.24. The summed E-state index contributed by atoms with van der Waals surface area (Å²) in [6.07, 6.45) is 1.07. The lowest BCUT2D eigenvalue weighted by Crippen LogP contribution is -2.23. The Bertz CT molecular complexity index is 53.3. The van der Waals surface area contributed by atoms with Crippen LogP contribution in [0.1, 0.15) is 13.8 Å². The molecule has 0 bridgehead atoms. The average molecular weight is 131 g/mol. The van der Waals surface area contributed by atoms with E-state index in [0.717, 1.165) is 12.9 Å². The summed E-state index contributed by atoms with van der Waals surface area (Å²) in [6.45, 7) is 7.08. The molecule has 47 valence electrons. The summed E-state index contributed by atoms with van der Waals surface area (Å²) in [5.41, 5.74) is 0. The van der Waals surface area contributed by atoms with Crippen molar-refractivity contribution in [3.8, 4) is 0 Å². The molecule has 0 fully saturated rings. The lowest BCUT2D eigenvalue weighted by atomic mass is 10.1. The minimum atomic E-state index is 0.890. The Labute approximate surface area is 56.0 Å². The molecular formula is C4H12BN2S. The molecule has 0 aromatic rings. The number of rotatable bonds is 4. The van der Waals surface area contributed by atoms with E-state index in [0.29, 0.717) is 0 Å². The average Bonchev–Trinajstić information content (AvgIpc) is 1.83. The maximum absolute atomic E-state index is 5.42. The van der Waals surface area contributed by atoms with Crippen LogP contribution < -0.4 is 5.84 Å². The normalized spacial score (nSPS) is 10.0. The first-order valence-corrected chi connectivity index (χ1v) is 3.65. The zero-order chi connectivity index (χ0) is 6.41. The fourth-order valence-corrected chi connectivity index (χ4v) is 0.734. The summed E-state index contributed by atoms with van der Waals surface area (Å²) in [7, 11) is 0. The van der Waals surface area contributed by atoms with Crippen LogP contribution in [0.3, 0.4) is 0 Å². The van der Waals surface area contributed by atoms with Crippen molar-refractivity contribution in [2.24, 2.45) is 5.84 Å². The number of hydrazine groups is 1. The number of nitrogens with two attached hydrogens (primary N) is 1. The molecule has 2 nitrogen and oxygen atoms in total. The van der Waals surface area contributed by atoms with Crippen molar-refractivity contribution in [1.29, 1.82) is 0 Å². The molecular weight excluding hydrogens is 119 g/mol. The van der Waals surface area contributed by atoms with Crippen molar-refractivity contribution < 1.29 is 0 Å². The van der Waals surface area contributed by atoms with Gasteiger partial charge in [-0.2, -0.15) is 0 Å². The highest BCUT2D eigenvalue weighted by Gasteiger charge is 1.92. The second kappa shape index (κ2) is 5.47. The third-order valence-electron chi connectivity index (χ3n) is 0.688. The zero-order valence-electron chi connectivity index (χ0n) is 5.42. The largest absolute Gasteiger partial charge is 0.260 e. The SMILES string of the molecule is CC[B]SN(N)CC. The highest BCUT2D eigenvalue weighted by molar-refractivity contribution is 8.20. The molecule has 0 aliphatic rings. The summed E-state index contributed by atoms with van der Waals surface area (Å²) in [5.74, 6) is 5.42. The van der Waals surface area contributed by atoms with Gasteiger partial charge in [0.25, 0.3) is 0 Å². The number of hydrogen-bond acceptors (Lipinski definition) is 3. The molecule has 4 heteroatoms. The maximum atomic E-state index is 5.42. The predicted molar refractivity (Wildman–Crippen MR) is 40.4 cm³/mol. The molecule has 0 saturated carbocycles. The van der Waals surface area contributed by atoms with Crippen molar-refractivity contribution in [2.75, 3.05) is 6.54 Å². The lowest BCUT2D eigenvalue weighted by molar-refractivity contribution is 0.532. The highest BCUT2D eigenvalue weighted by Crippen LogP contribution is 2.00. The maximum Gasteiger partial charge on any atom is 0.215 e. The van der Waals surface area contributed by atoms with E-state index in [1.54, 1.807) is 16.2 Å². The van der Waals surface area contributed by atoms with E-state index < -0.39 is 0 Å². The van der Waals surface area contributed by atoms with Gasteiger partial charge in [-0.3, -0.25) is 5.84 Å². The fourth-order valence-electron chi connectivity index (χ4n) is 0.245. The smallest absolute Gasteiger partial charge is 0.215 e. The van der Waals surface area contributed by atoms with E-state index >= 15 is 0 Å². The number of nitrogens with zero attached hydrogens (tertiary/aromatic N) is 1. The van der Waals surface area contributed by atoms with Gasteiger partial charge in [0.2, 0.25) is 6.56 Å². The Morgan fingerprint density at radius 2 is 2.25 bits per heavy atom. The summed E-state index contributed by atoms with van der Waals surface area (Å²) in [5, 5.41) is 0. The molecule has 8 heavy (non-hydrogen) atoms. The third kappa shape index (κ3) is 4.49. The highest BCUT2D eigenvalue weighted by atomic mass is 32.2. The molecule has 1 radical (unpaired) electrons. The van der Waals surface area contributed by atoms with Gasteiger partial charge in [0.15, 0.2) is 0 Å². The Balaban J connectivity index is 2.86. The Morgan fingerprint density at radius 3 is 2.62 bits per heavy atom. The standard InChI is InChI=1S/C4H12BN2S/c1-3-5-8-7(6)4-2/h3-4,6H2,1-2H3. The van der Waals surface area contributed by atoms with E-state index in [9.17, 15) is 0 Å². The van der Waals surface area contributed by atoms with Gasteiger partial charge in [-0.15, -0.1) is 11.8 Å². The van der Waals surface area contributed by atoms with E-state index in [4.69, 9.17) is 5.84 Å². The van der Waals surface area contributed by atoms with Crippen LogP contribution in [0.4, 0.5) is 0 Å². The van der Waals surface area contributed by atoms with E-state index in [1.807, 2.05) is 6.92 Å². The van der Waals surface area contributed by atoms with Crippen molar-refractivity contribution in [3.05, 3.63) is 0 Å². The van der Waals surface area contributed by atoms with Gasteiger partial charge in [-0.1, -0.05) is 20.2 Å². The van der Waals surface area contributed by atoms with Crippen molar-refractivity contribution >= 4 is 18.4 Å². The van der Waals surface area contributed by atoms with Gasteiger partial charge in [0, 0.05) is 6.54 Å². The van der Waals surface area contributed by atoms with Gasteiger partial charge < -0.3 is 0 Å². The predicted octanol–water partition coefficient (Wildman–Crippen LogP) is 0.888. The second-order valence-corrected chi connectivity index (χ2v) is 2.43. The van der Waals surface area contributed by atoms with Gasteiger partial charge in [0.05, 0.1) is 0 Å². The molecule has 0 amide bonds. The van der Waals surface area contributed by atoms with Crippen molar-refractivity contribution in [1.82, 2.24) is 4.41 Å². The van der Waals surface area contributed by atoms with Gasteiger partial charge in [-0.25, -0.2) is 4.41 Å².